The first-order chi connectivity index (χ1) is 9.13. The van der Waals surface area contributed by atoms with E-state index in [0.29, 0.717) is 11.5 Å². The van der Waals surface area contributed by atoms with Crippen LogP contribution >= 0.6 is 11.3 Å². The van der Waals surface area contributed by atoms with Gasteiger partial charge in [-0.2, -0.15) is 0 Å². The number of hydrogen-bond donors (Lipinski definition) is 1. The minimum absolute atomic E-state index is 0.0960. The Balaban J connectivity index is 2.16. The highest BCUT2D eigenvalue weighted by atomic mass is 32.1. The molecular weight excluding hydrogens is 260 g/mol. The molecule has 2 N–H and O–H groups in total. The lowest BCUT2D eigenvalue weighted by Gasteiger charge is -2.14. The maximum absolute atomic E-state index is 6.22. The Hall–Kier alpha value is -1.59. The van der Waals surface area contributed by atoms with Crippen molar-refractivity contribution in [2.75, 3.05) is 14.2 Å². The molecule has 1 aromatic heterocycles. The summed E-state index contributed by atoms with van der Waals surface area (Å²) >= 11 is 1.64. The highest BCUT2D eigenvalue weighted by molar-refractivity contribution is 7.09. The van der Waals surface area contributed by atoms with E-state index < -0.39 is 0 Å². The molecule has 0 aliphatic heterocycles. The monoisotopic (exact) mass is 278 g/mol. The van der Waals surface area contributed by atoms with Crippen LogP contribution in [0.5, 0.6) is 11.5 Å². The first-order valence-electron chi connectivity index (χ1n) is 6.02. The lowest BCUT2D eigenvalue weighted by Crippen LogP contribution is -2.13. The van der Waals surface area contributed by atoms with Crippen molar-refractivity contribution >= 4 is 11.3 Å². The summed E-state index contributed by atoms with van der Waals surface area (Å²) in [4.78, 5) is 4.44. The predicted molar refractivity (Wildman–Crippen MR) is 77.0 cm³/mol. The number of ether oxygens (including phenoxy) is 2. The number of methoxy groups -OCH3 is 2. The molecule has 1 atom stereocenters. The maximum atomic E-state index is 6.22. The second kappa shape index (κ2) is 6.04. The smallest absolute Gasteiger partial charge is 0.161 e. The van der Waals surface area contributed by atoms with Crippen LogP contribution in [0.2, 0.25) is 0 Å². The van der Waals surface area contributed by atoms with Crippen molar-refractivity contribution in [1.29, 1.82) is 0 Å². The Bertz CT molecular complexity index is 554. The fourth-order valence-corrected chi connectivity index (χ4v) is 2.55. The third-order valence-electron chi connectivity index (χ3n) is 2.93. The van der Waals surface area contributed by atoms with Gasteiger partial charge in [0.05, 0.1) is 24.9 Å². The summed E-state index contributed by atoms with van der Waals surface area (Å²) in [6.45, 7) is 2.00. The molecule has 5 heteroatoms. The van der Waals surface area contributed by atoms with Crippen molar-refractivity contribution in [2.24, 2.45) is 5.73 Å². The van der Waals surface area contributed by atoms with Crippen molar-refractivity contribution in [3.05, 3.63) is 39.8 Å². The van der Waals surface area contributed by atoms with E-state index in [1.807, 2.05) is 25.1 Å². The van der Waals surface area contributed by atoms with E-state index in [9.17, 15) is 0 Å². The number of nitrogens with two attached hydrogens (primary N) is 1. The fraction of sp³-hybridized carbons (Fsp3) is 0.357. The molecule has 0 saturated carbocycles. The second-order valence-corrected chi connectivity index (χ2v) is 5.35. The van der Waals surface area contributed by atoms with Gasteiger partial charge in [0.15, 0.2) is 11.5 Å². The van der Waals surface area contributed by atoms with Gasteiger partial charge >= 0.3 is 0 Å². The zero-order valence-corrected chi connectivity index (χ0v) is 12.2. The molecule has 2 rings (SSSR count). The summed E-state index contributed by atoms with van der Waals surface area (Å²) in [5.74, 6) is 1.41. The van der Waals surface area contributed by atoms with Gasteiger partial charge in [0.1, 0.15) is 0 Å². The quantitative estimate of drug-likeness (QED) is 0.913. The Labute approximate surface area is 117 Å². The van der Waals surface area contributed by atoms with Crippen molar-refractivity contribution in [1.82, 2.24) is 4.98 Å². The Kier molecular flexibility index (Phi) is 4.39. The van der Waals surface area contributed by atoms with Crippen LogP contribution in [0.1, 0.15) is 22.3 Å². The van der Waals surface area contributed by atoms with E-state index in [-0.39, 0.29) is 6.04 Å². The predicted octanol–water partition coefficient (Wildman–Crippen LogP) is 2.71. The molecule has 4 nitrogen and oxygen atoms in total. The standard InChI is InChI=1S/C14H18N2O2S/c1-9-16-11(8-19-9)7-12(15)10-4-5-13(17-2)14(6-10)18-3/h4-6,8,12H,7,15H2,1-3H3. The Morgan fingerprint density at radius 1 is 1.26 bits per heavy atom. The van der Waals surface area contributed by atoms with Crippen LogP contribution in [0.15, 0.2) is 23.6 Å². The average Bonchev–Trinajstić information content (AvgIpc) is 2.83. The van der Waals surface area contributed by atoms with Gasteiger partial charge in [-0.1, -0.05) is 6.07 Å². The molecule has 0 radical (unpaired) electrons. The van der Waals surface area contributed by atoms with Crippen molar-refractivity contribution in [3.63, 3.8) is 0 Å². The van der Waals surface area contributed by atoms with Gasteiger partial charge in [0.2, 0.25) is 0 Å². The molecule has 1 aromatic carbocycles. The van der Waals surface area contributed by atoms with Gasteiger partial charge in [-0.15, -0.1) is 11.3 Å². The first kappa shape index (κ1) is 13.8. The summed E-state index contributed by atoms with van der Waals surface area (Å²) in [6, 6.07) is 5.66. The molecular formula is C14H18N2O2S. The average molecular weight is 278 g/mol. The topological polar surface area (TPSA) is 57.4 Å². The molecule has 0 fully saturated rings. The number of aryl methyl sites for hydroxylation is 1. The van der Waals surface area contributed by atoms with Gasteiger partial charge in [-0.05, 0) is 24.6 Å². The highest BCUT2D eigenvalue weighted by Crippen LogP contribution is 2.30. The van der Waals surface area contributed by atoms with Crippen LogP contribution in [0.25, 0.3) is 0 Å². The van der Waals surface area contributed by atoms with E-state index in [2.05, 4.69) is 10.4 Å². The van der Waals surface area contributed by atoms with Crippen LogP contribution in [0.4, 0.5) is 0 Å². The minimum atomic E-state index is -0.0960. The molecule has 19 heavy (non-hydrogen) atoms. The third-order valence-corrected chi connectivity index (χ3v) is 3.75. The molecule has 0 saturated heterocycles. The molecule has 0 spiro atoms. The lowest BCUT2D eigenvalue weighted by atomic mass is 10.0. The number of thiazole rings is 1. The minimum Gasteiger partial charge on any atom is -0.493 e. The van der Waals surface area contributed by atoms with Crippen molar-refractivity contribution in [2.45, 2.75) is 19.4 Å². The van der Waals surface area contributed by atoms with Gasteiger partial charge in [-0.3, -0.25) is 0 Å². The molecule has 0 aliphatic carbocycles. The summed E-state index contributed by atoms with van der Waals surface area (Å²) in [5, 5.41) is 3.12. The van der Waals surface area contributed by atoms with Crippen molar-refractivity contribution in [3.8, 4) is 11.5 Å². The largest absolute Gasteiger partial charge is 0.493 e. The number of rotatable bonds is 5. The summed E-state index contributed by atoms with van der Waals surface area (Å²) in [7, 11) is 3.24. The van der Waals surface area contributed by atoms with E-state index in [4.69, 9.17) is 15.2 Å². The second-order valence-electron chi connectivity index (χ2n) is 4.28. The van der Waals surface area contributed by atoms with E-state index in [1.54, 1.807) is 25.6 Å². The van der Waals surface area contributed by atoms with Crippen LogP contribution in [0, 0.1) is 6.92 Å². The maximum Gasteiger partial charge on any atom is 0.161 e. The Morgan fingerprint density at radius 2 is 2.00 bits per heavy atom. The van der Waals surface area contributed by atoms with Crippen LogP contribution < -0.4 is 15.2 Å². The number of hydrogen-bond acceptors (Lipinski definition) is 5. The summed E-state index contributed by atoms with van der Waals surface area (Å²) in [6.07, 6.45) is 0.722. The summed E-state index contributed by atoms with van der Waals surface area (Å²) < 4.78 is 10.5. The zero-order chi connectivity index (χ0) is 13.8. The van der Waals surface area contributed by atoms with Crippen LogP contribution in [-0.2, 0) is 6.42 Å². The number of nitrogens with zero attached hydrogens (tertiary/aromatic N) is 1. The van der Waals surface area contributed by atoms with Gasteiger partial charge in [0.25, 0.3) is 0 Å². The van der Waals surface area contributed by atoms with E-state index in [0.717, 1.165) is 22.7 Å². The number of benzene rings is 1. The molecule has 102 valence electrons. The first-order valence-corrected chi connectivity index (χ1v) is 6.90. The SMILES string of the molecule is COc1ccc(C(N)Cc2csc(C)n2)cc1OC. The van der Waals surface area contributed by atoms with Crippen molar-refractivity contribution < 1.29 is 9.47 Å². The Morgan fingerprint density at radius 3 is 2.58 bits per heavy atom. The summed E-state index contributed by atoms with van der Waals surface area (Å²) in [5.41, 5.74) is 8.27. The fourth-order valence-electron chi connectivity index (χ4n) is 1.93. The van der Waals surface area contributed by atoms with Crippen LogP contribution in [0.3, 0.4) is 0 Å². The normalized spacial score (nSPS) is 12.2. The van der Waals surface area contributed by atoms with E-state index >= 15 is 0 Å². The third kappa shape index (κ3) is 3.24. The molecule has 2 aromatic rings. The molecule has 1 unspecified atom stereocenters. The molecule has 0 aliphatic rings. The molecule has 0 bridgehead atoms. The van der Waals surface area contributed by atoms with Crippen LogP contribution in [-0.4, -0.2) is 19.2 Å². The molecule has 0 amide bonds. The lowest BCUT2D eigenvalue weighted by molar-refractivity contribution is 0.354. The zero-order valence-electron chi connectivity index (χ0n) is 11.3. The molecule has 1 heterocycles. The number of aromatic nitrogens is 1. The van der Waals surface area contributed by atoms with Gasteiger partial charge in [0, 0.05) is 17.8 Å². The van der Waals surface area contributed by atoms with E-state index in [1.165, 1.54) is 0 Å². The van der Waals surface area contributed by atoms with Gasteiger partial charge in [-0.25, -0.2) is 4.98 Å². The van der Waals surface area contributed by atoms with Gasteiger partial charge < -0.3 is 15.2 Å². The highest BCUT2D eigenvalue weighted by Gasteiger charge is 2.12.